The Bertz CT molecular complexity index is 553. The van der Waals surface area contributed by atoms with Crippen molar-refractivity contribution >= 4 is 15.9 Å². The van der Waals surface area contributed by atoms with Crippen molar-refractivity contribution in [2.75, 3.05) is 0 Å². The highest BCUT2D eigenvalue weighted by atomic mass is 79.9. The van der Waals surface area contributed by atoms with E-state index in [1.807, 2.05) is 18.2 Å². The maximum atomic E-state index is 9.00. The van der Waals surface area contributed by atoms with Gasteiger partial charge in [0.1, 0.15) is 18.9 Å². The number of hydrogen-bond acceptors (Lipinski definition) is 4. The maximum absolute atomic E-state index is 9.00. The first-order valence-electron chi connectivity index (χ1n) is 4.77. The van der Waals surface area contributed by atoms with Crippen molar-refractivity contribution in [2.24, 2.45) is 0 Å². The van der Waals surface area contributed by atoms with Gasteiger partial charge in [0.2, 0.25) is 0 Å². The zero-order valence-corrected chi connectivity index (χ0v) is 9.81. The van der Waals surface area contributed by atoms with Gasteiger partial charge < -0.3 is 9.84 Å². The first-order chi connectivity index (χ1) is 7.79. The van der Waals surface area contributed by atoms with Crippen molar-refractivity contribution in [2.45, 2.75) is 13.2 Å². The molecule has 3 rings (SSSR count). The molecule has 1 aromatic carbocycles. The van der Waals surface area contributed by atoms with Crippen LogP contribution in [0.2, 0.25) is 0 Å². The Morgan fingerprint density at radius 3 is 3.19 bits per heavy atom. The molecule has 82 valence electrons. The Kier molecular flexibility index (Phi) is 2.19. The zero-order chi connectivity index (χ0) is 11.1. The van der Waals surface area contributed by atoms with Crippen LogP contribution in [0, 0.1) is 0 Å². The number of rotatable bonds is 1. The van der Waals surface area contributed by atoms with Crippen molar-refractivity contribution < 1.29 is 9.84 Å². The summed E-state index contributed by atoms with van der Waals surface area (Å²) in [5, 5.41) is 13.2. The van der Waals surface area contributed by atoms with E-state index in [0.29, 0.717) is 18.3 Å². The van der Waals surface area contributed by atoms with Crippen LogP contribution in [0.5, 0.6) is 5.75 Å². The number of aliphatic hydroxyl groups excluding tert-OH is 1. The van der Waals surface area contributed by atoms with Gasteiger partial charge in [0.25, 0.3) is 0 Å². The Labute approximate surface area is 99.8 Å². The van der Waals surface area contributed by atoms with Crippen molar-refractivity contribution in [3.8, 4) is 11.4 Å². The Morgan fingerprint density at radius 2 is 2.38 bits per heavy atom. The summed E-state index contributed by atoms with van der Waals surface area (Å²) < 4.78 is 8.18. The molecule has 0 fully saturated rings. The SMILES string of the molecule is OCc1nc2n(n1)-c1cccc(Br)c1OC2. The van der Waals surface area contributed by atoms with Crippen LogP contribution in [0.25, 0.3) is 5.69 Å². The van der Waals surface area contributed by atoms with Gasteiger partial charge in [0.15, 0.2) is 17.4 Å². The van der Waals surface area contributed by atoms with E-state index in [2.05, 4.69) is 26.0 Å². The Hall–Kier alpha value is -1.40. The van der Waals surface area contributed by atoms with Crippen molar-refractivity contribution in [3.63, 3.8) is 0 Å². The average Bonchev–Trinajstić information content (AvgIpc) is 2.72. The number of aliphatic hydroxyl groups is 1. The minimum absolute atomic E-state index is 0.163. The number of halogens is 1. The third-order valence-electron chi connectivity index (χ3n) is 2.38. The van der Waals surface area contributed by atoms with Crippen LogP contribution < -0.4 is 4.74 Å². The van der Waals surface area contributed by atoms with Crippen LogP contribution >= 0.6 is 15.9 Å². The summed E-state index contributed by atoms with van der Waals surface area (Å²) in [6.45, 7) is 0.200. The van der Waals surface area contributed by atoms with Crippen molar-refractivity contribution in [3.05, 3.63) is 34.3 Å². The first kappa shape index (κ1) is 9.80. The standard InChI is InChI=1S/C10H8BrN3O2/c11-6-2-1-3-7-10(6)16-5-9-12-8(4-15)13-14(7)9/h1-3,15H,4-5H2. The minimum Gasteiger partial charge on any atom is -0.482 e. The lowest BCUT2D eigenvalue weighted by Gasteiger charge is -2.18. The van der Waals surface area contributed by atoms with Gasteiger partial charge in [-0.2, -0.15) is 0 Å². The lowest BCUT2D eigenvalue weighted by molar-refractivity contribution is 0.270. The molecule has 0 spiro atoms. The second-order valence-electron chi connectivity index (χ2n) is 3.39. The van der Waals surface area contributed by atoms with Gasteiger partial charge >= 0.3 is 0 Å². The number of para-hydroxylation sites is 1. The number of fused-ring (bicyclic) bond motifs is 3. The molecule has 1 N–H and O–H groups in total. The second-order valence-corrected chi connectivity index (χ2v) is 4.25. The molecule has 0 unspecified atom stereocenters. The van der Waals surface area contributed by atoms with E-state index in [1.54, 1.807) is 4.68 Å². The molecule has 0 aliphatic carbocycles. The molecule has 0 amide bonds. The molecule has 0 saturated carbocycles. The lowest BCUT2D eigenvalue weighted by atomic mass is 10.2. The molecule has 1 aliphatic rings. The molecule has 16 heavy (non-hydrogen) atoms. The van der Waals surface area contributed by atoms with Crippen LogP contribution in [0.3, 0.4) is 0 Å². The van der Waals surface area contributed by atoms with Gasteiger partial charge in [-0.25, -0.2) is 9.67 Å². The van der Waals surface area contributed by atoms with Crippen molar-refractivity contribution in [1.82, 2.24) is 14.8 Å². The van der Waals surface area contributed by atoms with E-state index in [-0.39, 0.29) is 6.61 Å². The number of hydrogen-bond donors (Lipinski definition) is 1. The van der Waals surface area contributed by atoms with E-state index in [4.69, 9.17) is 9.84 Å². The minimum atomic E-state index is -0.163. The van der Waals surface area contributed by atoms with Gasteiger partial charge in [-0.15, -0.1) is 5.10 Å². The van der Waals surface area contributed by atoms with E-state index in [0.717, 1.165) is 15.9 Å². The highest BCUT2D eigenvalue weighted by Crippen LogP contribution is 2.35. The molecule has 6 heteroatoms. The molecule has 2 heterocycles. The second kappa shape index (κ2) is 3.57. The fourth-order valence-corrected chi connectivity index (χ4v) is 2.16. The van der Waals surface area contributed by atoms with E-state index >= 15 is 0 Å². The summed E-state index contributed by atoms with van der Waals surface area (Å²) in [4.78, 5) is 4.16. The third-order valence-corrected chi connectivity index (χ3v) is 3.00. The fraction of sp³-hybridized carbons (Fsp3) is 0.200. The van der Waals surface area contributed by atoms with Crippen LogP contribution in [0.15, 0.2) is 22.7 Å². The van der Waals surface area contributed by atoms with Crippen LogP contribution in [-0.2, 0) is 13.2 Å². The van der Waals surface area contributed by atoms with E-state index in [9.17, 15) is 0 Å². The van der Waals surface area contributed by atoms with E-state index < -0.39 is 0 Å². The number of ether oxygens (including phenoxy) is 1. The monoisotopic (exact) mass is 281 g/mol. The van der Waals surface area contributed by atoms with Gasteiger partial charge in [0.05, 0.1) is 4.47 Å². The highest BCUT2D eigenvalue weighted by Gasteiger charge is 2.21. The van der Waals surface area contributed by atoms with Gasteiger partial charge in [-0.05, 0) is 28.1 Å². The molecule has 1 aromatic heterocycles. The molecule has 0 atom stereocenters. The predicted octanol–water partition coefficient (Wildman–Crippen LogP) is 1.41. The summed E-state index contributed by atoms with van der Waals surface area (Å²) in [5.74, 6) is 1.87. The number of aromatic nitrogens is 3. The topological polar surface area (TPSA) is 60.2 Å². The summed E-state index contributed by atoms with van der Waals surface area (Å²) >= 11 is 3.42. The zero-order valence-electron chi connectivity index (χ0n) is 8.22. The largest absolute Gasteiger partial charge is 0.482 e. The smallest absolute Gasteiger partial charge is 0.176 e. The number of benzene rings is 1. The quantitative estimate of drug-likeness (QED) is 0.859. The lowest BCUT2D eigenvalue weighted by Crippen LogP contribution is -2.14. The van der Waals surface area contributed by atoms with Gasteiger partial charge in [0, 0.05) is 0 Å². The summed E-state index contributed by atoms with van der Waals surface area (Å²) in [6.07, 6.45) is 0. The summed E-state index contributed by atoms with van der Waals surface area (Å²) in [6, 6.07) is 5.72. The predicted molar refractivity (Wildman–Crippen MR) is 59.3 cm³/mol. The van der Waals surface area contributed by atoms with Crippen LogP contribution in [-0.4, -0.2) is 19.9 Å². The van der Waals surface area contributed by atoms with Gasteiger partial charge in [-0.3, -0.25) is 0 Å². The Balaban J connectivity index is 2.22. The molecule has 0 bridgehead atoms. The third kappa shape index (κ3) is 1.34. The molecule has 2 aromatic rings. The fourth-order valence-electron chi connectivity index (χ4n) is 1.69. The van der Waals surface area contributed by atoms with Gasteiger partial charge in [-0.1, -0.05) is 6.07 Å². The normalized spacial score (nSPS) is 12.9. The molecule has 1 aliphatic heterocycles. The molecule has 0 radical (unpaired) electrons. The molecular formula is C10H8BrN3O2. The maximum Gasteiger partial charge on any atom is 0.176 e. The van der Waals surface area contributed by atoms with Crippen molar-refractivity contribution in [1.29, 1.82) is 0 Å². The highest BCUT2D eigenvalue weighted by molar-refractivity contribution is 9.10. The molecule has 5 nitrogen and oxygen atoms in total. The number of nitrogens with zero attached hydrogens (tertiary/aromatic N) is 3. The Morgan fingerprint density at radius 1 is 1.50 bits per heavy atom. The molecular weight excluding hydrogens is 274 g/mol. The molecule has 0 saturated heterocycles. The summed E-state index contributed by atoms with van der Waals surface area (Å²) in [7, 11) is 0. The van der Waals surface area contributed by atoms with Crippen LogP contribution in [0.4, 0.5) is 0 Å². The summed E-state index contributed by atoms with van der Waals surface area (Å²) in [5.41, 5.74) is 0.836. The van der Waals surface area contributed by atoms with Crippen LogP contribution in [0.1, 0.15) is 11.6 Å². The van der Waals surface area contributed by atoms with E-state index in [1.165, 1.54) is 0 Å². The first-order valence-corrected chi connectivity index (χ1v) is 5.56. The average molecular weight is 282 g/mol.